The third-order valence-corrected chi connectivity index (χ3v) is 12.0. The summed E-state index contributed by atoms with van der Waals surface area (Å²) in [6.07, 6.45) is 17.3. The van der Waals surface area contributed by atoms with Crippen LogP contribution in [0.25, 0.3) is 6.08 Å². The molecule has 0 atom stereocenters. The minimum atomic E-state index is 1.07. The van der Waals surface area contributed by atoms with E-state index in [4.69, 9.17) is 0 Å². The molecule has 2 heteroatoms. The van der Waals surface area contributed by atoms with Crippen LogP contribution >= 0.6 is 11.8 Å². The zero-order valence-corrected chi connectivity index (χ0v) is 49.3. The van der Waals surface area contributed by atoms with Gasteiger partial charge < -0.3 is 4.90 Å². The number of nitrogens with zero attached hydrogens (tertiary/aromatic N) is 1. The minimum Gasteiger partial charge on any atom is -0.366 e. The molecule has 0 radical (unpaired) electrons. The summed E-state index contributed by atoms with van der Waals surface area (Å²) >= 11 is 1.91. The van der Waals surface area contributed by atoms with Crippen molar-refractivity contribution >= 4 is 17.8 Å². The Morgan fingerprint density at radius 1 is 0.507 bits per heavy atom. The van der Waals surface area contributed by atoms with E-state index in [1.807, 2.05) is 101 Å². The van der Waals surface area contributed by atoms with E-state index in [0.29, 0.717) is 0 Å². The largest absolute Gasteiger partial charge is 0.366 e. The molecule has 0 amide bonds. The maximum atomic E-state index is 3.80. The van der Waals surface area contributed by atoms with Gasteiger partial charge in [0, 0.05) is 23.7 Å². The molecule has 7 rings (SSSR count). The molecule has 1 aliphatic carbocycles. The van der Waals surface area contributed by atoms with Crippen LogP contribution in [0, 0.1) is 27.7 Å². The first kappa shape index (κ1) is 68.7. The number of allylic oxidation sites excluding steroid dienone is 4. The molecule has 0 saturated carbocycles. The number of hydrogen-bond acceptors (Lipinski definition) is 2. The summed E-state index contributed by atoms with van der Waals surface area (Å²) in [7, 11) is 0. The summed E-state index contributed by atoms with van der Waals surface area (Å²) in [6, 6.07) is 39.5. The van der Waals surface area contributed by atoms with Crippen LogP contribution in [0.5, 0.6) is 0 Å². The predicted molar refractivity (Wildman–Crippen MR) is 321 cm³/mol. The number of unbranched alkanes of at least 4 members (excludes halogenated alkanes) is 1. The Morgan fingerprint density at radius 2 is 1.06 bits per heavy atom. The molecule has 0 fully saturated rings. The Bertz CT molecular complexity index is 2050. The number of benzene rings is 5. The molecule has 0 aromatic heterocycles. The van der Waals surface area contributed by atoms with Crippen molar-refractivity contribution in [3.8, 4) is 0 Å². The van der Waals surface area contributed by atoms with Crippen LogP contribution in [0.1, 0.15) is 204 Å². The molecule has 0 N–H and O–H groups in total. The number of aryl methyl sites for hydroxylation is 8. The first-order chi connectivity index (χ1) is 33.7. The average molecular weight is 957 g/mol. The molecule has 0 spiro atoms. The number of rotatable bonds is 11. The number of fused-ring (bicyclic) bond motifs is 1. The summed E-state index contributed by atoms with van der Waals surface area (Å²) in [4.78, 5) is 5.34. The van der Waals surface area contributed by atoms with Crippen LogP contribution in [0.15, 0.2) is 143 Å². The van der Waals surface area contributed by atoms with Crippen molar-refractivity contribution in [3.63, 3.8) is 0 Å². The van der Waals surface area contributed by atoms with Crippen molar-refractivity contribution in [2.24, 2.45) is 0 Å². The van der Waals surface area contributed by atoms with Gasteiger partial charge >= 0.3 is 0 Å². The zero-order valence-electron chi connectivity index (χ0n) is 48.5. The van der Waals surface area contributed by atoms with Crippen LogP contribution in [0.3, 0.4) is 0 Å². The molecule has 1 nitrogen and oxygen atoms in total. The lowest BCUT2D eigenvalue weighted by Gasteiger charge is -2.24. The van der Waals surface area contributed by atoms with Gasteiger partial charge in [0.05, 0.1) is 0 Å². The molecule has 5 aromatic carbocycles. The Balaban J connectivity index is -0.000000832. The lowest BCUT2D eigenvalue weighted by Crippen LogP contribution is -2.16. The van der Waals surface area contributed by atoms with Gasteiger partial charge in [0.2, 0.25) is 0 Å². The van der Waals surface area contributed by atoms with E-state index in [1.54, 1.807) is 0 Å². The van der Waals surface area contributed by atoms with Crippen molar-refractivity contribution < 1.29 is 0 Å². The van der Waals surface area contributed by atoms with Gasteiger partial charge in [0.1, 0.15) is 0 Å². The summed E-state index contributed by atoms with van der Waals surface area (Å²) < 4.78 is 0. The molecular weight excluding hydrogens is 851 g/mol. The highest BCUT2D eigenvalue weighted by molar-refractivity contribution is 8.03. The highest BCUT2D eigenvalue weighted by Crippen LogP contribution is 2.36. The smallest absolute Gasteiger partial charge is 0.0433 e. The van der Waals surface area contributed by atoms with Crippen LogP contribution in [-0.2, 0) is 38.8 Å². The fourth-order valence-corrected chi connectivity index (χ4v) is 8.24. The fraction of sp³-hybridized carbons (Fsp3) is 0.463. The Morgan fingerprint density at radius 3 is 1.58 bits per heavy atom. The first-order valence-corrected chi connectivity index (χ1v) is 28.3. The molecule has 2 aliphatic rings. The van der Waals surface area contributed by atoms with Crippen molar-refractivity contribution in [2.45, 2.75) is 214 Å². The molecule has 384 valence electrons. The molecule has 1 heterocycles. The SMILES string of the molecule is C=Cc1ccccc1CCCC.CC.CC.CC.CC.CC.CC.CCCc1ccc(C)c(CC)c1.CCc1ccccc1C.Cc1ccc(SC2=CC=C(N3Cc4ccc(C)cc4C3)CC2)cc1. The van der Waals surface area contributed by atoms with E-state index in [0.717, 1.165) is 38.8 Å². The number of thioether (sulfide) groups is 1. The third kappa shape index (κ3) is 28.0. The lowest BCUT2D eigenvalue weighted by molar-refractivity contribution is 0.348. The Kier molecular flexibility index (Phi) is 45.7. The van der Waals surface area contributed by atoms with Gasteiger partial charge in [-0.2, -0.15) is 0 Å². The van der Waals surface area contributed by atoms with E-state index in [9.17, 15) is 0 Å². The molecular formula is C67H105NS. The normalized spacial score (nSPS) is 11.0. The highest BCUT2D eigenvalue weighted by Gasteiger charge is 2.22. The molecule has 0 saturated heterocycles. The van der Waals surface area contributed by atoms with E-state index < -0.39 is 0 Å². The Labute approximate surface area is 434 Å². The standard InChI is InChI=1S/C22H23NS.C12H18.C12H16.C9H12.6C2H6/c1-16-4-9-21(10-5-16)24-22-11-7-20(8-12-22)23-14-18-6-3-17(2)13-19(18)15-23;1-4-6-11-8-7-10(3)12(5-2)9-11;1-3-5-8-12-10-7-6-9-11(12)4-2;1-3-9-7-5-4-6-8(9)2;6*1-2/h3-7,9-11,13H,8,12,14-15H2,1-2H3;7-9H,4-6H2,1-3H3;4,6-7,9-10H,2-3,5,8H2,1H3;4-7H,3H2,1-2H3;6*1-2H3. The van der Waals surface area contributed by atoms with Gasteiger partial charge in [-0.05, 0) is 146 Å². The van der Waals surface area contributed by atoms with Gasteiger partial charge in [-0.3, -0.25) is 0 Å². The van der Waals surface area contributed by atoms with Crippen LogP contribution in [0.4, 0.5) is 0 Å². The quantitative estimate of drug-likeness (QED) is 0.130. The second kappa shape index (κ2) is 45.9. The van der Waals surface area contributed by atoms with Gasteiger partial charge in [-0.1, -0.05) is 262 Å². The highest BCUT2D eigenvalue weighted by atomic mass is 32.2. The summed E-state index contributed by atoms with van der Waals surface area (Å²) in [6.45, 7) is 47.4. The second-order valence-corrected chi connectivity index (χ2v) is 16.7. The van der Waals surface area contributed by atoms with Gasteiger partial charge in [-0.25, -0.2) is 0 Å². The van der Waals surface area contributed by atoms with E-state index >= 15 is 0 Å². The van der Waals surface area contributed by atoms with Crippen LogP contribution in [-0.4, -0.2) is 4.90 Å². The second-order valence-electron chi connectivity index (χ2n) is 15.5. The molecule has 1 aliphatic heterocycles. The van der Waals surface area contributed by atoms with Crippen LogP contribution < -0.4 is 0 Å². The molecule has 5 aromatic rings. The summed E-state index contributed by atoms with van der Waals surface area (Å²) in [5.41, 5.74) is 17.1. The molecule has 69 heavy (non-hydrogen) atoms. The zero-order chi connectivity index (χ0) is 53.0. The maximum Gasteiger partial charge on any atom is 0.0433 e. The first-order valence-electron chi connectivity index (χ1n) is 27.5. The monoisotopic (exact) mass is 956 g/mol. The predicted octanol–water partition coefficient (Wildman–Crippen LogP) is 21.9. The summed E-state index contributed by atoms with van der Waals surface area (Å²) in [5, 5.41) is 0. The van der Waals surface area contributed by atoms with Gasteiger partial charge in [0.25, 0.3) is 0 Å². The van der Waals surface area contributed by atoms with Crippen molar-refractivity contribution in [1.29, 1.82) is 0 Å². The fourth-order valence-electron chi connectivity index (χ4n) is 7.32. The van der Waals surface area contributed by atoms with Crippen molar-refractivity contribution in [2.75, 3.05) is 0 Å². The van der Waals surface area contributed by atoms with Crippen molar-refractivity contribution in [1.82, 2.24) is 4.90 Å². The van der Waals surface area contributed by atoms with Crippen LogP contribution in [0.2, 0.25) is 0 Å². The lowest BCUT2D eigenvalue weighted by atomic mass is 10.0. The molecule has 0 bridgehead atoms. The van der Waals surface area contributed by atoms with E-state index in [1.165, 1.54) is 109 Å². The maximum absolute atomic E-state index is 3.80. The summed E-state index contributed by atoms with van der Waals surface area (Å²) in [5.74, 6) is 0. The third-order valence-electron chi connectivity index (χ3n) is 10.9. The van der Waals surface area contributed by atoms with E-state index in [2.05, 4.69) is 188 Å². The number of hydrogen-bond donors (Lipinski definition) is 0. The van der Waals surface area contributed by atoms with Crippen molar-refractivity contribution in [3.05, 3.63) is 200 Å². The minimum absolute atomic E-state index is 1.07. The van der Waals surface area contributed by atoms with E-state index in [-0.39, 0.29) is 0 Å². The topological polar surface area (TPSA) is 3.24 Å². The van der Waals surface area contributed by atoms with Gasteiger partial charge in [0.15, 0.2) is 0 Å². The van der Waals surface area contributed by atoms with Gasteiger partial charge in [-0.15, -0.1) is 0 Å². The molecule has 0 unspecified atom stereocenters. The average Bonchev–Trinajstić information content (AvgIpc) is 3.85. The Hall–Kier alpha value is -4.53.